The first-order chi connectivity index (χ1) is 16.5. The molecule has 1 amide bonds. The topological polar surface area (TPSA) is 87.4 Å². The molecule has 4 heterocycles. The van der Waals surface area contributed by atoms with Crippen LogP contribution < -0.4 is 0 Å². The van der Waals surface area contributed by atoms with Crippen LogP contribution in [0.25, 0.3) is 11.4 Å². The molecule has 2 aromatic heterocycles. The Morgan fingerprint density at radius 3 is 2.53 bits per heavy atom. The van der Waals surface area contributed by atoms with Gasteiger partial charge in [0, 0.05) is 32.4 Å². The van der Waals surface area contributed by atoms with Gasteiger partial charge in [-0.25, -0.2) is 4.98 Å². The Morgan fingerprint density at radius 1 is 1.06 bits per heavy atom. The minimum Gasteiger partial charge on any atom is -0.505 e. The third kappa shape index (κ3) is 3.78. The van der Waals surface area contributed by atoms with E-state index in [0.717, 1.165) is 24.2 Å². The normalized spacial score (nSPS) is 21.0. The Balaban J connectivity index is 1.61. The van der Waals surface area contributed by atoms with Crippen LogP contribution in [-0.2, 0) is 14.3 Å². The van der Waals surface area contributed by atoms with Crippen LogP contribution in [0.2, 0.25) is 0 Å². The number of carbonyl (C=O) groups excluding carboxylic acids is 2. The molecule has 0 saturated carbocycles. The van der Waals surface area contributed by atoms with E-state index in [9.17, 15) is 14.7 Å². The lowest BCUT2D eigenvalue weighted by atomic mass is 9.96. The van der Waals surface area contributed by atoms with Crippen molar-refractivity contribution in [3.63, 3.8) is 0 Å². The van der Waals surface area contributed by atoms with Crippen molar-refractivity contribution in [1.82, 2.24) is 19.2 Å². The summed E-state index contributed by atoms with van der Waals surface area (Å²) >= 11 is 0. The number of likely N-dealkylation sites (tertiary alicyclic amines) is 1. The highest BCUT2D eigenvalue weighted by molar-refractivity contribution is 6.46. The molecule has 5 rings (SSSR count). The number of nitrogens with zero attached hydrogens (tertiary/aromatic N) is 4. The number of fused-ring (bicyclic) bond motifs is 1. The maximum atomic E-state index is 13.3. The standard InChI is InChI=1S/C26H28N4O4/c1-17-7-6-10-29-21(18(2)27-25(17)29)23(31)20-22(19-8-4-3-5-9-19)30(26(33)24(20)32)12-11-28-13-15-34-16-14-28/h3-10,22,31H,11-16H2,1-2H3/t22-/m0/s1. The van der Waals surface area contributed by atoms with Crippen molar-refractivity contribution in [2.24, 2.45) is 0 Å². The molecular weight excluding hydrogens is 432 g/mol. The van der Waals surface area contributed by atoms with Crippen molar-refractivity contribution in [3.05, 3.63) is 76.7 Å². The maximum Gasteiger partial charge on any atom is 0.295 e. The van der Waals surface area contributed by atoms with Gasteiger partial charge in [-0.3, -0.25) is 18.9 Å². The molecule has 0 unspecified atom stereocenters. The minimum atomic E-state index is -0.671. The van der Waals surface area contributed by atoms with Gasteiger partial charge in [-0.2, -0.15) is 0 Å². The molecule has 0 bridgehead atoms. The van der Waals surface area contributed by atoms with Gasteiger partial charge in [0.1, 0.15) is 11.3 Å². The molecule has 2 fully saturated rings. The van der Waals surface area contributed by atoms with Crippen LogP contribution >= 0.6 is 0 Å². The van der Waals surface area contributed by atoms with Crippen molar-refractivity contribution in [2.45, 2.75) is 19.9 Å². The number of hydrogen-bond donors (Lipinski definition) is 1. The fraction of sp³-hybridized carbons (Fsp3) is 0.346. The minimum absolute atomic E-state index is 0.101. The second-order valence-corrected chi connectivity index (χ2v) is 8.79. The lowest BCUT2D eigenvalue weighted by Gasteiger charge is -2.31. The first-order valence-corrected chi connectivity index (χ1v) is 11.6. The Kier molecular flexibility index (Phi) is 5.93. The number of carbonyl (C=O) groups is 2. The average molecular weight is 461 g/mol. The number of Topliss-reactive ketones (excluding diaryl/α,β-unsaturated/α-hetero) is 1. The Hall–Kier alpha value is -3.49. The zero-order chi connectivity index (χ0) is 23.8. The molecule has 3 aromatic rings. The van der Waals surface area contributed by atoms with Gasteiger partial charge in [0.05, 0.1) is 30.5 Å². The monoisotopic (exact) mass is 460 g/mol. The van der Waals surface area contributed by atoms with Crippen LogP contribution in [0.3, 0.4) is 0 Å². The van der Waals surface area contributed by atoms with Gasteiger partial charge in [0.15, 0.2) is 5.76 Å². The second kappa shape index (κ2) is 9.04. The summed E-state index contributed by atoms with van der Waals surface area (Å²) in [5.41, 5.74) is 3.58. The van der Waals surface area contributed by atoms with E-state index in [-0.39, 0.29) is 11.3 Å². The summed E-state index contributed by atoms with van der Waals surface area (Å²) in [6.45, 7) is 7.66. The van der Waals surface area contributed by atoms with Gasteiger partial charge in [0.2, 0.25) is 0 Å². The predicted molar refractivity (Wildman–Crippen MR) is 127 cm³/mol. The predicted octanol–water partition coefficient (Wildman–Crippen LogP) is 2.71. The molecule has 2 saturated heterocycles. The fourth-order valence-electron chi connectivity index (χ4n) is 4.90. The van der Waals surface area contributed by atoms with Gasteiger partial charge in [0.25, 0.3) is 11.7 Å². The van der Waals surface area contributed by atoms with Crippen molar-refractivity contribution in [1.29, 1.82) is 0 Å². The lowest BCUT2D eigenvalue weighted by molar-refractivity contribution is -0.140. The number of ketones is 1. The van der Waals surface area contributed by atoms with Crippen molar-refractivity contribution >= 4 is 23.1 Å². The Bertz CT molecular complexity index is 1270. The van der Waals surface area contributed by atoms with Gasteiger partial charge in [-0.05, 0) is 31.0 Å². The average Bonchev–Trinajstić information content (AvgIpc) is 3.33. The second-order valence-electron chi connectivity index (χ2n) is 8.79. The van der Waals surface area contributed by atoms with Gasteiger partial charge < -0.3 is 14.7 Å². The zero-order valence-corrected chi connectivity index (χ0v) is 19.4. The Morgan fingerprint density at radius 2 is 1.79 bits per heavy atom. The highest BCUT2D eigenvalue weighted by Gasteiger charge is 2.46. The van der Waals surface area contributed by atoms with E-state index in [1.807, 2.05) is 55.6 Å². The molecule has 1 atom stereocenters. The molecule has 1 N–H and O–H groups in total. The molecule has 34 heavy (non-hydrogen) atoms. The van der Waals surface area contributed by atoms with Crippen molar-refractivity contribution < 1.29 is 19.4 Å². The fourth-order valence-corrected chi connectivity index (χ4v) is 4.90. The summed E-state index contributed by atoms with van der Waals surface area (Å²) < 4.78 is 7.20. The molecular formula is C26H28N4O4. The van der Waals surface area contributed by atoms with E-state index in [0.29, 0.717) is 43.3 Å². The van der Waals surface area contributed by atoms with E-state index in [1.54, 1.807) is 16.2 Å². The number of aliphatic hydroxyl groups excluding tert-OH is 1. The molecule has 2 aliphatic rings. The summed E-state index contributed by atoms with van der Waals surface area (Å²) in [5, 5.41) is 11.5. The van der Waals surface area contributed by atoms with E-state index < -0.39 is 17.7 Å². The maximum absolute atomic E-state index is 13.3. The summed E-state index contributed by atoms with van der Waals surface area (Å²) in [5.74, 6) is -1.46. The largest absolute Gasteiger partial charge is 0.505 e. The Labute approximate surface area is 198 Å². The van der Waals surface area contributed by atoms with Crippen LogP contribution in [0.15, 0.2) is 54.2 Å². The third-order valence-electron chi connectivity index (χ3n) is 6.66. The molecule has 0 aliphatic carbocycles. The van der Waals surface area contributed by atoms with Crippen LogP contribution in [0.1, 0.15) is 28.6 Å². The number of rotatable bonds is 5. The number of aryl methyl sites for hydroxylation is 2. The van der Waals surface area contributed by atoms with Crippen molar-refractivity contribution in [3.8, 4) is 0 Å². The molecule has 1 aromatic carbocycles. The number of amides is 1. The number of aromatic nitrogens is 2. The number of aliphatic hydroxyl groups is 1. The highest BCUT2D eigenvalue weighted by atomic mass is 16.5. The van der Waals surface area contributed by atoms with E-state index in [4.69, 9.17) is 4.74 Å². The molecule has 0 radical (unpaired) electrons. The van der Waals surface area contributed by atoms with Gasteiger partial charge in [-0.1, -0.05) is 36.4 Å². The number of morpholine rings is 1. The third-order valence-corrected chi connectivity index (χ3v) is 6.66. The quantitative estimate of drug-likeness (QED) is 0.358. The molecule has 0 spiro atoms. The summed E-state index contributed by atoms with van der Waals surface area (Å²) in [6, 6.07) is 12.6. The van der Waals surface area contributed by atoms with E-state index in [2.05, 4.69) is 9.88 Å². The molecule has 8 heteroatoms. The number of ether oxygens (including phenoxy) is 1. The lowest BCUT2D eigenvalue weighted by Crippen LogP contribution is -2.42. The molecule has 176 valence electrons. The number of pyridine rings is 1. The summed E-state index contributed by atoms with van der Waals surface area (Å²) in [7, 11) is 0. The van der Waals surface area contributed by atoms with E-state index in [1.165, 1.54) is 0 Å². The smallest absolute Gasteiger partial charge is 0.295 e. The first kappa shape index (κ1) is 22.3. The SMILES string of the molecule is Cc1nc2c(C)cccn2c1C(O)=C1C(=O)C(=O)N(CCN2CCOCC2)[C@H]1c1ccccc1. The first-order valence-electron chi connectivity index (χ1n) is 11.6. The van der Waals surface area contributed by atoms with Gasteiger partial charge >= 0.3 is 0 Å². The zero-order valence-electron chi connectivity index (χ0n) is 19.4. The summed E-state index contributed by atoms with van der Waals surface area (Å²) in [4.78, 5) is 35.0. The number of hydrogen-bond acceptors (Lipinski definition) is 6. The van der Waals surface area contributed by atoms with Gasteiger partial charge in [-0.15, -0.1) is 0 Å². The van der Waals surface area contributed by atoms with Crippen LogP contribution in [0.5, 0.6) is 0 Å². The van der Waals surface area contributed by atoms with Crippen LogP contribution in [0, 0.1) is 13.8 Å². The summed E-state index contributed by atoms with van der Waals surface area (Å²) in [6.07, 6.45) is 1.81. The molecule has 2 aliphatic heterocycles. The van der Waals surface area contributed by atoms with Crippen LogP contribution in [0.4, 0.5) is 0 Å². The van der Waals surface area contributed by atoms with Crippen LogP contribution in [-0.4, -0.2) is 75.4 Å². The van der Waals surface area contributed by atoms with Crippen molar-refractivity contribution in [2.75, 3.05) is 39.4 Å². The number of imidazole rings is 1. The highest BCUT2D eigenvalue weighted by Crippen LogP contribution is 2.39. The van der Waals surface area contributed by atoms with E-state index >= 15 is 0 Å². The number of benzene rings is 1. The molecule has 8 nitrogen and oxygen atoms in total.